The van der Waals surface area contributed by atoms with E-state index in [9.17, 15) is 10.2 Å². The predicted molar refractivity (Wildman–Crippen MR) is 223 cm³/mol. The molecule has 52 heavy (non-hydrogen) atoms. The topological polar surface area (TPSA) is 40.5 Å². The molecule has 0 fully saturated rings. The number of hydrogen-bond acceptors (Lipinski definition) is 4. The highest BCUT2D eigenvalue weighted by Crippen LogP contribution is 2.55. The minimum absolute atomic E-state index is 0.625. The first-order valence-corrected chi connectivity index (χ1v) is 20.1. The largest absolute Gasteiger partial charge is 0.376 e. The van der Waals surface area contributed by atoms with Crippen molar-refractivity contribution in [2.45, 2.75) is 11.2 Å². The number of fused-ring (bicyclic) bond motifs is 2. The number of benzene rings is 6. The molecule has 252 valence electrons. The fraction of sp³-hybridized carbons (Fsp3) is 0.0435. The number of hydrogen-bond donors (Lipinski definition) is 2. The van der Waals surface area contributed by atoms with Gasteiger partial charge in [-0.25, -0.2) is 0 Å². The van der Waals surface area contributed by atoms with Crippen molar-refractivity contribution < 1.29 is 10.2 Å². The Kier molecular flexibility index (Phi) is 8.50. The van der Waals surface area contributed by atoms with Gasteiger partial charge in [-0.05, 0) is 105 Å². The Morgan fingerprint density at radius 1 is 0.346 bits per heavy atom. The average Bonchev–Trinajstić information content (AvgIpc) is 3.90. The van der Waals surface area contributed by atoms with Gasteiger partial charge in [-0.1, -0.05) is 141 Å². The molecular weight excluding hydrogens is 808 g/mol. The molecule has 2 unspecified atom stereocenters. The molecular formula is C46H30Br2O2S2. The van der Waals surface area contributed by atoms with Crippen LogP contribution < -0.4 is 0 Å². The van der Waals surface area contributed by atoms with Crippen molar-refractivity contribution in [1.82, 2.24) is 0 Å². The van der Waals surface area contributed by atoms with Gasteiger partial charge in [-0.15, -0.1) is 22.7 Å². The normalized spacial score (nSPS) is 17.8. The first-order chi connectivity index (χ1) is 25.3. The van der Waals surface area contributed by atoms with Crippen LogP contribution in [0.1, 0.15) is 33.4 Å². The molecule has 1 aliphatic carbocycles. The molecule has 0 aliphatic heterocycles. The van der Waals surface area contributed by atoms with E-state index in [1.54, 1.807) is 22.7 Å². The molecule has 0 saturated carbocycles. The lowest BCUT2D eigenvalue weighted by atomic mass is 9.63. The summed E-state index contributed by atoms with van der Waals surface area (Å²) in [6.45, 7) is 0. The highest BCUT2D eigenvalue weighted by molar-refractivity contribution is 9.10. The van der Waals surface area contributed by atoms with E-state index in [-0.39, 0.29) is 0 Å². The van der Waals surface area contributed by atoms with Crippen molar-refractivity contribution in [3.8, 4) is 41.8 Å². The third-order valence-electron chi connectivity index (χ3n) is 9.98. The lowest BCUT2D eigenvalue weighted by Crippen LogP contribution is -2.44. The molecule has 2 aromatic heterocycles. The molecule has 2 nitrogen and oxygen atoms in total. The van der Waals surface area contributed by atoms with Crippen molar-refractivity contribution in [2.24, 2.45) is 0 Å². The molecule has 1 aliphatic rings. The van der Waals surface area contributed by atoms with Crippen LogP contribution in [0.5, 0.6) is 0 Å². The molecule has 6 aromatic carbocycles. The predicted octanol–water partition coefficient (Wildman–Crippen LogP) is 12.9. The zero-order chi connectivity index (χ0) is 35.5. The monoisotopic (exact) mass is 836 g/mol. The van der Waals surface area contributed by atoms with Crippen molar-refractivity contribution in [1.29, 1.82) is 0 Å². The molecule has 0 spiro atoms. The fourth-order valence-electron chi connectivity index (χ4n) is 7.47. The van der Waals surface area contributed by atoms with Gasteiger partial charge in [0.2, 0.25) is 0 Å². The van der Waals surface area contributed by atoms with E-state index < -0.39 is 11.2 Å². The number of rotatable bonds is 6. The molecule has 0 radical (unpaired) electrons. The van der Waals surface area contributed by atoms with Crippen molar-refractivity contribution >= 4 is 54.5 Å². The second-order valence-corrected chi connectivity index (χ2v) is 17.0. The molecule has 0 saturated heterocycles. The first-order valence-electron chi connectivity index (χ1n) is 16.9. The number of aliphatic hydroxyl groups is 2. The van der Waals surface area contributed by atoms with Gasteiger partial charge in [0.1, 0.15) is 11.2 Å². The maximum atomic E-state index is 13.3. The van der Waals surface area contributed by atoms with Crippen LogP contribution in [0.25, 0.3) is 41.8 Å². The SMILES string of the molecule is OC1(c2cccc(-c3ccc(-c4ccccc4)s3)c2)c2ccc(Br)cc2C(O)(c2cccc(-c3ccc(-c4ccccc4)s3)c2)c2ccc(Br)cc21. The van der Waals surface area contributed by atoms with Crippen molar-refractivity contribution in [2.75, 3.05) is 0 Å². The third kappa shape index (κ3) is 5.57. The van der Waals surface area contributed by atoms with Crippen LogP contribution in [0.4, 0.5) is 0 Å². The van der Waals surface area contributed by atoms with Crippen molar-refractivity contribution in [3.63, 3.8) is 0 Å². The summed E-state index contributed by atoms with van der Waals surface area (Å²) in [5.41, 5.74) is 5.24. The van der Waals surface area contributed by atoms with Gasteiger partial charge in [0, 0.05) is 39.6 Å². The summed E-state index contributed by atoms with van der Waals surface area (Å²) >= 11 is 10.9. The summed E-state index contributed by atoms with van der Waals surface area (Å²) in [4.78, 5) is 4.60. The van der Waals surface area contributed by atoms with Crippen LogP contribution in [0.3, 0.4) is 0 Å². The van der Waals surface area contributed by atoms with E-state index in [0.29, 0.717) is 22.3 Å². The molecule has 8 aromatic rings. The van der Waals surface area contributed by atoms with Crippen LogP contribution in [0.2, 0.25) is 0 Å². The van der Waals surface area contributed by atoms with Gasteiger partial charge in [0.05, 0.1) is 0 Å². The molecule has 2 N–H and O–H groups in total. The van der Waals surface area contributed by atoms with E-state index in [2.05, 4.69) is 129 Å². The summed E-state index contributed by atoms with van der Waals surface area (Å²) in [6.07, 6.45) is 0. The minimum atomic E-state index is -1.56. The molecule has 2 heterocycles. The second kappa shape index (κ2) is 13.2. The van der Waals surface area contributed by atoms with Gasteiger partial charge in [0.15, 0.2) is 0 Å². The Bertz CT molecular complexity index is 2410. The Morgan fingerprint density at radius 3 is 1.12 bits per heavy atom. The van der Waals surface area contributed by atoms with E-state index in [1.807, 2.05) is 72.8 Å². The lowest BCUT2D eigenvalue weighted by Gasteiger charge is -2.45. The zero-order valence-corrected chi connectivity index (χ0v) is 32.4. The maximum Gasteiger partial charge on any atom is 0.141 e. The number of halogens is 2. The lowest BCUT2D eigenvalue weighted by molar-refractivity contribution is 0.0747. The van der Waals surface area contributed by atoms with Crippen LogP contribution in [0.15, 0.2) is 179 Å². The quantitative estimate of drug-likeness (QED) is 0.175. The van der Waals surface area contributed by atoms with E-state index in [1.165, 1.54) is 20.9 Å². The van der Waals surface area contributed by atoms with Crippen LogP contribution in [-0.4, -0.2) is 10.2 Å². The molecule has 6 heteroatoms. The summed E-state index contributed by atoms with van der Waals surface area (Å²) in [7, 11) is 0. The summed E-state index contributed by atoms with van der Waals surface area (Å²) in [6, 6.07) is 57.4. The van der Waals surface area contributed by atoms with E-state index in [4.69, 9.17) is 0 Å². The first kappa shape index (κ1) is 33.4. The summed E-state index contributed by atoms with van der Waals surface area (Å²) in [5, 5.41) is 26.6. The van der Waals surface area contributed by atoms with Gasteiger partial charge < -0.3 is 10.2 Å². The Balaban J connectivity index is 1.19. The van der Waals surface area contributed by atoms with Gasteiger partial charge in [-0.3, -0.25) is 0 Å². The zero-order valence-electron chi connectivity index (χ0n) is 27.6. The fourth-order valence-corrected chi connectivity index (χ4v) is 10.2. The average molecular weight is 839 g/mol. The standard InChI is InChI=1S/C46H30Br2O2S2/c47-35-18-20-38-39(27-35)45(49,33-15-7-13-31(25-33)43-23-21-41(51-43)29-9-3-1-4-10-29)37-19-17-36(48)28-40(37)46(38,50)34-16-8-14-32(26-34)44-24-22-42(52-44)30-11-5-2-6-12-30/h1-28,49-50H. The molecule has 0 bridgehead atoms. The number of thiophene rings is 2. The van der Waals surface area contributed by atoms with Gasteiger partial charge >= 0.3 is 0 Å². The Morgan fingerprint density at radius 2 is 0.712 bits per heavy atom. The van der Waals surface area contributed by atoms with Crippen LogP contribution in [0, 0.1) is 0 Å². The van der Waals surface area contributed by atoms with Crippen molar-refractivity contribution in [3.05, 3.63) is 212 Å². The van der Waals surface area contributed by atoms with Crippen LogP contribution >= 0.6 is 54.5 Å². The van der Waals surface area contributed by atoms with E-state index in [0.717, 1.165) is 41.0 Å². The Hall–Kier alpha value is -4.40. The van der Waals surface area contributed by atoms with E-state index >= 15 is 0 Å². The second-order valence-electron chi connectivity index (χ2n) is 13.0. The molecule has 0 amide bonds. The highest BCUT2D eigenvalue weighted by atomic mass is 79.9. The van der Waals surface area contributed by atoms with Gasteiger partial charge in [0.25, 0.3) is 0 Å². The smallest absolute Gasteiger partial charge is 0.141 e. The minimum Gasteiger partial charge on any atom is -0.376 e. The summed E-state index contributed by atoms with van der Waals surface area (Å²) < 4.78 is 1.63. The van der Waals surface area contributed by atoms with Crippen LogP contribution in [-0.2, 0) is 11.2 Å². The molecule has 9 rings (SSSR count). The Labute approximate surface area is 327 Å². The molecule has 2 atom stereocenters. The highest BCUT2D eigenvalue weighted by Gasteiger charge is 2.51. The maximum absolute atomic E-state index is 13.3. The third-order valence-corrected chi connectivity index (χ3v) is 13.3. The van der Waals surface area contributed by atoms with Gasteiger partial charge in [-0.2, -0.15) is 0 Å². The summed E-state index contributed by atoms with van der Waals surface area (Å²) in [5.74, 6) is 0.